The first-order valence-corrected chi connectivity index (χ1v) is 11.1. The van der Waals surface area contributed by atoms with E-state index >= 15 is 0 Å². The van der Waals surface area contributed by atoms with Crippen molar-refractivity contribution in [2.24, 2.45) is 4.99 Å². The molecule has 2 aliphatic rings. The summed E-state index contributed by atoms with van der Waals surface area (Å²) in [5.74, 6) is -0.644. The van der Waals surface area contributed by atoms with Crippen molar-refractivity contribution in [3.63, 3.8) is 0 Å². The molecule has 5 rings (SSSR count). The predicted molar refractivity (Wildman–Crippen MR) is 133 cm³/mol. The van der Waals surface area contributed by atoms with Crippen LogP contribution in [0.15, 0.2) is 59.6 Å². The molecule has 9 heteroatoms. The fraction of sp³-hybridized carbons (Fsp3) is 0.160. The summed E-state index contributed by atoms with van der Waals surface area (Å²) in [6.07, 6.45) is -0.494. The summed E-state index contributed by atoms with van der Waals surface area (Å²) in [6, 6.07) is 16.1. The van der Waals surface area contributed by atoms with Crippen LogP contribution in [0.1, 0.15) is 27.0 Å². The molecule has 1 unspecified atom stereocenters. The molecule has 0 fully saturated rings. The molecule has 0 aliphatic carbocycles. The lowest BCUT2D eigenvalue weighted by molar-refractivity contribution is -0.120. The number of nitrogens with zero attached hydrogens (tertiary/aromatic N) is 2. The van der Waals surface area contributed by atoms with Crippen molar-refractivity contribution in [3.8, 4) is 5.75 Å². The Bertz CT molecular complexity index is 1360. The van der Waals surface area contributed by atoms with E-state index in [2.05, 4.69) is 5.32 Å². The molecular formula is C25H22ClN5O3. The van der Waals surface area contributed by atoms with Crippen molar-refractivity contribution >= 4 is 46.2 Å². The summed E-state index contributed by atoms with van der Waals surface area (Å²) in [5, 5.41) is 2.96. The zero-order valence-corrected chi connectivity index (χ0v) is 19.1. The summed E-state index contributed by atoms with van der Waals surface area (Å²) < 4.78 is 5.30. The molecule has 1 atom stereocenters. The number of ether oxygens (including phenoxy) is 1. The van der Waals surface area contributed by atoms with Gasteiger partial charge in [0.05, 0.1) is 34.8 Å². The van der Waals surface area contributed by atoms with Gasteiger partial charge in [0, 0.05) is 29.4 Å². The van der Waals surface area contributed by atoms with Crippen LogP contribution in [-0.4, -0.2) is 37.3 Å². The number of hydrogen-bond acceptors (Lipinski definition) is 6. The third kappa shape index (κ3) is 3.62. The molecule has 172 valence electrons. The van der Waals surface area contributed by atoms with Crippen LogP contribution in [0.2, 0.25) is 5.02 Å². The van der Waals surface area contributed by atoms with E-state index in [4.69, 9.17) is 32.8 Å². The zero-order valence-electron chi connectivity index (χ0n) is 18.3. The number of halogens is 1. The van der Waals surface area contributed by atoms with E-state index in [9.17, 15) is 9.59 Å². The van der Waals surface area contributed by atoms with Gasteiger partial charge in [-0.05, 0) is 30.2 Å². The number of anilines is 3. The number of nitrogens with one attached hydrogen (secondary N) is 1. The van der Waals surface area contributed by atoms with Gasteiger partial charge in [0.25, 0.3) is 11.8 Å². The van der Waals surface area contributed by atoms with Crippen molar-refractivity contribution < 1.29 is 14.3 Å². The molecule has 2 amide bonds. The highest BCUT2D eigenvalue weighted by molar-refractivity contribution is 6.33. The van der Waals surface area contributed by atoms with Gasteiger partial charge >= 0.3 is 0 Å². The number of hydrogen-bond donors (Lipinski definition) is 3. The molecule has 0 radical (unpaired) electrons. The van der Waals surface area contributed by atoms with E-state index in [1.807, 2.05) is 42.5 Å². The maximum absolute atomic E-state index is 13.6. The van der Waals surface area contributed by atoms with E-state index in [0.717, 1.165) is 22.4 Å². The Hall–Kier alpha value is -4.04. The minimum Gasteiger partial charge on any atom is -0.496 e. The molecule has 3 aromatic carbocycles. The molecular weight excluding hydrogens is 454 g/mol. The van der Waals surface area contributed by atoms with Crippen LogP contribution in [0.25, 0.3) is 0 Å². The Morgan fingerprint density at radius 2 is 1.94 bits per heavy atom. The number of carbonyl (C=O) groups is 2. The first-order chi connectivity index (χ1) is 16.4. The summed E-state index contributed by atoms with van der Waals surface area (Å²) in [4.78, 5) is 33.2. The monoisotopic (exact) mass is 475 g/mol. The van der Waals surface area contributed by atoms with Crippen LogP contribution in [-0.2, 0) is 11.2 Å². The van der Waals surface area contributed by atoms with E-state index in [-0.39, 0.29) is 27.9 Å². The maximum atomic E-state index is 13.6. The summed E-state index contributed by atoms with van der Waals surface area (Å²) >= 11 is 6.14. The first kappa shape index (κ1) is 21.8. The van der Waals surface area contributed by atoms with Gasteiger partial charge in [-0.1, -0.05) is 41.9 Å². The third-order valence-corrected chi connectivity index (χ3v) is 6.30. The van der Waals surface area contributed by atoms with Gasteiger partial charge in [-0.25, -0.2) is 4.99 Å². The molecule has 0 saturated heterocycles. The summed E-state index contributed by atoms with van der Waals surface area (Å²) in [7, 11) is 1.43. The second kappa shape index (κ2) is 8.39. The first-order valence-electron chi connectivity index (χ1n) is 10.7. The smallest absolute Gasteiger partial charge is 0.272 e. The Morgan fingerprint density at radius 3 is 2.68 bits per heavy atom. The average Bonchev–Trinajstić information content (AvgIpc) is 3.21. The minimum absolute atomic E-state index is 0.152. The van der Waals surface area contributed by atoms with Crippen molar-refractivity contribution in [1.29, 1.82) is 0 Å². The number of rotatable bonds is 4. The maximum Gasteiger partial charge on any atom is 0.272 e. The van der Waals surface area contributed by atoms with Gasteiger partial charge in [0.1, 0.15) is 5.75 Å². The fourth-order valence-electron chi connectivity index (χ4n) is 4.41. The van der Waals surface area contributed by atoms with Crippen LogP contribution in [0, 0.1) is 0 Å². The SMILES string of the molecule is COc1cc(N)c(Cl)cc1C(=O)NC1N=C(c2ccccc2)c2cc(N)cc3c2N(CC3)C1=O. The highest BCUT2D eigenvalue weighted by Crippen LogP contribution is 2.38. The van der Waals surface area contributed by atoms with Crippen molar-refractivity contribution in [1.82, 2.24) is 5.32 Å². The molecule has 34 heavy (non-hydrogen) atoms. The van der Waals surface area contributed by atoms with E-state index in [1.54, 1.807) is 4.90 Å². The van der Waals surface area contributed by atoms with Crippen LogP contribution in [0.5, 0.6) is 5.75 Å². The number of benzene rings is 3. The molecule has 8 nitrogen and oxygen atoms in total. The molecule has 0 aromatic heterocycles. The molecule has 3 aromatic rings. The van der Waals surface area contributed by atoms with Gasteiger partial charge in [0.2, 0.25) is 6.17 Å². The highest BCUT2D eigenvalue weighted by Gasteiger charge is 2.37. The molecule has 5 N–H and O–H groups in total. The van der Waals surface area contributed by atoms with Crippen molar-refractivity contribution in [2.75, 3.05) is 30.0 Å². The second-order valence-corrected chi connectivity index (χ2v) is 8.52. The normalized spacial score (nSPS) is 16.5. The van der Waals surface area contributed by atoms with Crippen LogP contribution in [0.4, 0.5) is 17.1 Å². The minimum atomic E-state index is -1.16. The summed E-state index contributed by atoms with van der Waals surface area (Å²) in [6.45, 7) is 0.478. The number of amides is 2. The van der Waals surface area contributed by atoms with Gasteiger partial charge in [0.15, 0.2) is 0 Å². The van der Waals surface area contributed by atoms with E-state index < -0.39 is 12.1 Å². The molecule has 0 saturated carbocycles. The Balaban J connectivity index is 1.62. The molecule has 0 spiro atoms. The Morgan fingerprint density at radius 1 is 1.18 bits per heavy atom. The van der Waals surface area contributed by atoms with E-state index in [1.165, 1.54) is 19.2 Å². The van der Waals surface area contributed by atoms with E-state index in [0.29, 0.717) is 24.4 Å². The number of nitrogens with two attached hydrogens (primary N) is 2. The standard InChI is InChI=1S/C25H22ClN5O3/c1-34-20-12-19(28)18(26)11-16(20)24(32)30-23-25(33)31-8-7-14-9-15(27)10-17(22(14)31)21(29-23)13-5-3-2-4-6-13/h2-6,9-12,23H,7-8,27-28H2,1H3,(H,30,32). The van der Waals surface area contributed by atoms with Crippen LogP contribution in [0.3, 0.4) is 0 Å². The molecule has 2 heterocycles. The van der Waals surface area contributed by atoms with Gasteiger partial charge < -0.3 is 26.4 Å². The Labute approximate surface area is 201 Å². The second-order valence-electron chi connectivity index (χ2n) is 8.11. The lowest BCUT2D eigenvalue weighted by atomic mass is 9.97. The topological polar surface area (TPSA) is 123 Å². The number of aliphatic imine (C=N–C) groups is 1. The predicted octanol–water partition coefficient (Wildman–Crippen LogP) is 3.01. The zero-order chi connectivity index (χ0) is 24.0. The quantitative estimate of drug-likeness (QED) is 0.500. The number of nitrogen functional groups attached to an aromatic ring is 2. The lowest BCUT2D eigenvalue weighted by Crippen LogP contribution is -2.47. The number of carbonyl (C=O) groups excluding carboxylic acids is 2. The fourth-order valence-corrected chi connectivity index (χ4v) is 4.58. The average molecular weight is 476 g/mol. The Kier molecular flexibility index (Phi) is 5.37. The highest BCUT2D eigenvalue weighted by atomic mass is 35.5. The summed E-state index contributed by atoms with van der Waals surface area (Å²) in [5.41, 5.74) is 17.0. The lowest BCUT2D eigenvalue weighted by Gasteiger charge is -2.21. The van der Waals surface area contributed by atoms with Gasteiger partial charge in [-0.3, -0.25) is 9.59 Å². The van der Waals surface area contributed by atoms with Crippen molar-refractivity contribution in [3.05, 3.63) is 81.9 Å². The molecule has 0 bridgehead atoms. The largest absolute Gasteiger partial charge is 0.496 e. The third-order valence-electron chi connectivity index (χ3n) is 5.98. The molecule has 2 aliphatic heterocycles. The van der Waals surface area contributed by atoms with Gasteiger partial charge in [-0.2, -0.15) is 0 Å². The van der Waals surface area contributed by atoms with Crippen molar-refractivity contribution in [2.45, 2.75) is 12.6 Å². The van der Waals surface area contributed by atoms with Gasteiger partial charge in [-0.15, -0.1) is 0 Å². The van der Waals surface area contributed by atoms with Crippen LogP contribution >= 0.6 is 11.6 Å². The number of methoxy groups -OCH3 is 1. The van der Waals surface area contributed by atoms with Crippen LogP contribution < -0.4 is 26.4 Å².